The number of halogens is 1. The van der Waals surface area contributed by atoms with E-state index in [9.17, 15) is 0 Å². The number of aromatic nitrogens is 3. The maximum Gasteiger partial charge on any atom is 0.160 e. The Labute approximate surface area is 111 Å². The zero-order valence-corrected chi connectivity index (χ0v) is 11.2. The van der Waals surface area contributed by atoms with Gasteiger partial charge in [0.05, 0.1) is 18.5 Å². The fourth-order valence-electron chi connectivity index (χ4n) is 2.56. The van der Waals surface area contributed by atoms with Crippen molar-refractivity contribution in [3.05, 3.63) is 23.7 Å². The molecule has 0 radical (unpaired) electrons. The van der Waals surface area contributed by atoms with E-state index in [1.165, 1.54) is 0 Å². The average Bonchev–Trinajstić information content (AvgIpc) is 2.80. The van der Waals surface area contributed by atoms with Crippen LogP contribution in [-0.2, 0) is 10.6 Å². The molecule has 2 aromatic rings. The first-order valence-corrected chi connectivity index (χ1v) is 6.81. The lowest BCUT2D eigenvalue weighted by Gasteiger charge is -2.24. The zero-order chi connectivity index (χ0) is 12.5. The molecule has 2 aromatic heterocycles. The minimum absolute atomic E-state index is 0.312. The Morgan fingerprint density at radius 2 is 2.44 bits per heavy atom. The number of nitrogens with zero attached hydrogens (tertiary/aromatic N) is 3. The molecule has 0 aromatic carbocycles. The Hall–Kier alpha value is -1.13. The summed E-state index contributed by atoms with van der Waals surface area (Å²) >= 11 is 6.02. The smallest absolute Gasteiger partial charge is 0.160 e. The van der Waals surface area contributed by atoms with Gasteiger partial charge in [0.1, 0.15) is 11.3 Å². The molecule has 1 saturated heterocycles. The van der Waals surface area contributed by atoms with Gasteiger partial charge in [0, 0.05) is 12.8 Å². The molecule has 96 valence electrons. The minimum Gasteiger partial charge on any atom is -0.379 e. The van der Waals surface area contributed by atoms with Crippen LogP contribution in [0.5, 0.6) is 0 Å². The van der Waals surface area contributed by atoms with Gasteiger partial charge in [-0.05, 0) is 31.4 Å². The van der Waals surface area contributed by atoms with Crippen molar-refractivity contribution in [2.45, 2.75) is 31.7 Å². The van der Waals surface area contributed by atoms with Gasteiger partial charge in [0.25, 0.3) is 0 Å². The Balaban J connectivity index is 2.16. The van der Waals surface area contributed by atoms with Crippen LogP contribution in [0.15, 0.2) is 12.3 Å². The Kier molecular flexibility index (Phi) is 3.22. The van der Waals surface area contributed by atoms with Crippen LogP contribution in [0, 0.1) is 6.92 Å². The van der Waals surface area contributed by atoms with Gasteiger partial charge in [-0.1, -0.05) is 0 Å². The highest BCUT2D eigenvalue weighted by molar-refractivity contribution is 6.16. The van der Waals surface area contributed by atoms with Crippen molar-refractivity contribution >= 4 is 22.8 Å². The molecular weight excluding hydrogens is 250 g/mol. The van der Waals surface area contributed by atoms with E-state index in [2.05, 4.69) is 21.5 Å². The molecule has 4 nitrogen and oxygen atoms in total. The fourth-order valence-corrected chi connectivity index (χ4v) is 2.75. The number of imidazole rings is 1. The van der Waals surface area contributed by atoms with Crippen molar-refractivity contribution in [3.8, 4) is 0 Å². The molecule has 1 atom stereocenters. The predicted octanol–water partition coefficient (Wildman–Crippen LogP) is 2.83. The quantitative estimate of drug-likeness (QED) is 0.784. The molecule has 1 aliphatic rings. The Bertz CT molecular complexity index is 561. The lowest BCUT2D eigenvalue weighted by Crippen LogP contribution is -2.22. The van der Waals surface area contributed by atoms with Crippen molar-refractivity contribution in [1.29, 1.82) is 0 Å². The number of alkyl halides is 1. The molecule has 3 heterocycles. The van der Waals surface area contributed by atoms with Gasteiger partial charge < -0.3 is 9.30 Å². The highest BCUT2D eigenvalue weighted by atomic mass is 35.5. The second kappa shape index (κ2) is 4.86. The highest BCUT2D eigenvalue weighted by Gasteiger charge is 2.22. The summed E-state index contributed by atoms with van der Waals surface area (Å²) in [6, 6.07) is 2.29. The van der Waals surface area contributed by atoms with Crippen molar-refractivity contribution in [2.75, 3.05) is 13.2 Å². The number of hydrogen-bond acceptors (Lipinski definition) is 3. The molecule has 1 aliphatic heterocycles. The van der Waals surface area contributed by atoms with Gasteiger partial charge in [0.15, 0.2) is 5.65 Å². The highest BCUT2D eigenvalue weighted by Crippen LogP contribution is 2.27. The summed E-state index contributed by atoms with van der Waals surface area (Å²) in [4.78, 5) is 9.09. The van der Waals surface area contributed by atoms with Crippen LogP contribution in [-0.4, -0.2) is 27.7 Å². The summed E-state index contributed by atoms with van der Waals surface area (Å²) in [6.07, 6.45) is 4.01. The van der Waals surface area contributed by atoms with Crippen LogP contribution in [0.25, 0.3) is 11.2 Å². The van der Waals surface area contributed by atoms with Crippen LogP contribution in [0.4, 0.5) is 0 Å². The second-order valence-electron chi connectivity index (χ2n) is 4.70. The third kappa shape index (κ3) is 1.89. The molecule has 1 unspecified atom stereocenters. The van der Waals surface area contributed by atoms with Gasteiger partial charge in [0.2, 0.25) is 0 Å². The van der Waals surface area contributed by atoms with E-state index in [0.29, 0.717) is 11.9 Å². The largest absolute Gasteiger partial charge is 0.379 e. The molecule has 0 saturated carbocycles. The van der Waals surface area contributed by atoms with Gasteiger partial charge in [-0.25, -0.2) is 9.97 Å². The first kappa shape index (κ1) is 11.9. The third-order valence-corrected chi connectivity index (χ3v) is 3.71. The second-order valence-corrected chi connectivity index (χ2v) is 4.97. The summed E-state index contributed by atoms with van der Waals surface area (Å²) < 4.78 is 7.73. The van der Waals surface area contributed by atoms with E-state index >= 15 is 0 Å². The summed E-state index contributed by atoms with van der Waals surface area (Å²) in [7, 11) is 0. The molecule has 0 amide bonds. The number of rotatable bonds is 2. The van der Waals surface area contributed by atoms with Crippen LogP contribution < -0.4 is 0 Å². The maximum atomic E-state index is 6.02. The van der Waals surface area contributed by atoms with E-state index in [0.717, 1.165) is 48.6 Å². The fraction of sp³-hybridized carbons (Fsp3) is 0.538. The van der Waals surface area contributed by atoms with Crippen LogP contribution in [0.1, 0.15) is 30.3 Å². The molecule has 5 heteroatoms. The van der Waals surface area contributed by atoms with Crippen molar-refractivity contribution < 1.29 is 4.74 Å². The summed E-state index contributed by atoms with van der Waals surface area (Å²) in [6.45, 7) is 3.63. The zero-order valence-electron chi connectivity index (χ0n) is 10.4. The number of hydrogen-bond donors (Lipinski definition) is 0. The molecule has 0 N–H and O–H groups in total. The lowest BCUT2D eigenvalue weighted by atomic mass is 10.1. The lowest BCUT2D eigenvalue weighted by molar-refractivity contribution is 0.0595. The van der Waals surface area contributed by atoms with Gasteiger partial charge >= 0.3 is 0 Å². The number of aryl methyl sites for hydroxylation is 1. The van der Waals surface area contributed by atoms with Gasteiger partial charge in [-0.15, -0.1) is 11.6 Å². The van der Waals surface area contributed by atoms with Crippen molar-refractivity contribution in [1.82, 2.24) is 14.5 Å². The molecular formula is C13H16ClN3O. The number of ether oxygens (including phenoxy) is 1. The van der Waals surface area contributed by atoms with E-state index in [-0.39, 0.29) is 0 Å². The SMILES string of the molecule is Cc1ccnc2c1nc(CCl)n2C1CCCOC1. The minimum atomic E-state index is 0.312. The van der Waals surface area contributed by atoms with E-state index in [1.807, 2.05) is 12.3 Å². The monoisotopic (exact) mass is 265 g/mol. The number of fused-ring (bicyclic) bond motifs is 1. The summed E-state index contributed by atoms with van der Waals surface area (Å²) in [5.41, 5.74) is 3.03. The van der Waals surface area contributed by atoms with E-state index in [1.54, 1.807) is 0 Å². The third-order valence-electron chi connectivity index (χ3n) is 3.47. The Morgan fingerprint density at radius 3 is 3.17 bits per heavy atom. The first-order valence-electron chi connectivity index (χ1n) is 6.27. The maximum absolute atomic E-state index is 6.02. The molecule has 0 spiro atoms. The summed E-state index contributed by atoms with van der Waals surface area (Å²) in [5.74, 6) is 1.30. The summed E-state index contributed by atoms with van der Waals surface area (Å²) in [5, 5.41) is 0. The molecule has 0 bridgehead atoms. The van der Waals surface area contributed by atoms with Gasteiger partial charge in [-0.2, -0.15) is 0 Å². The van der Waals surface area contributed by atoms with Crippen LogP contribution >= 0.6 is 11.6 Å². The van der Waals surface area contributed by atoms with E-state index in [4.69, 9.17) is 16.3 Å². The molecule has 3 rings (SSSR count). The molecule has 0 aliphatic carbocycles. The molecule has 1 fully saturated rings. The van der Waals surface area contributed by atoms with Gasteiger partial charge in [-0.3, -0.25) is 0 Å². The molecule has 18 heavy (non-hydrogen) atoms. The van der Waals surface area contributed by atoms with Crippen LogP contribution in [0.2, 0.25) is 0 Å². The average molecular weight is 266 g/mol. The number of pyridine rings is 1. The van der Waals surface area contributed by atoms with Crippen molar-refractivity contribution in [3.63, 3.8) is 0 Å². The first-order chi connectivity index (χ1) is 8.81. The van der Waals surface area contributed by atoms with Crippen LogP contribution in [0.3, 0.4) is 0 Å². The van der Waals surface area contributed by atoms with E-state index < -0.39 is 0 Å². The predicted molar refractivity (Wildman–Crippen MR) is 70.9 cm³/mol. The van der Waals surface area contributed by atoms with Crippen molar-refractivity contribution in [2.24, 2.45) is 0 Å². The Morgan fingerprint density at radius 1 is 1.56 bits per heavy atom. The topological polar surface area (TPSA) is 39.9 Å². The normalized spacial score (nSPS) is 20.4. The standard InChI is InChI=1S/C13H16ClN3O/c1-9-4-5-15-13-12(9)16-11(7-14)17(13)10-3-2-6-18-8-10/h4-5,10H,2-3,6-8H2,1H3.